The zero-order chi connectivity index (χ0) is 19.9. The maximum Gasteiger partial charge on any atom is 0.211 e. The Morgan fingerprint density at radius 1 is 1.25 bits per heavy atom. The Hall–Kier alpha value is -2.23. The van der Waals surface area contributed by atoms with Crippen LogP contribution in [-0.4, -0.2) is 48.1 Å². The first-order chi connectivity index (χ1) is 13.3. The average molecular weight is 419 g/mol. The summed E-state index contributed by atoms with van der Waals surface area (Å²) in [5.41, 5.74) is 1.96. The number of thiophene rings is 1. The largest absolute Gasteiger partial charge is 0.487 e. The highest BCUT2D eigenvalue weighted by atomic mass is 32.2. The fraction of sp³-hybridized carbons (Fsp3) is 0.368. The second-order valence-corrected chi connectivity index (χ2v) is 10.1. The summed E-state index contributed by atoms with van der Waals surface area (Å²) in [6, 6.07) is 7.65. The van der Waals surface area contributed by atoms with Crippen molar-refractivity contribution in [3.8, 4) is 5.75 Å². The Morgan fingerprint density at radius 2 is 2.04 bits per heavy atom. The molecule has 1 unspecified atom stereocenters. The maximum atomic E-state index is 11.7. The number of hydrogen-bond donors (Lipinski definition) is 1. The lowest BCUT2D eigenvalue weighted by atomic mass is 10.2. The minimum atomic E-state index is -3.19. The Balaban J connectivity index is 1.60. The highest BCUT2D eigenvalue weighted by Gasteiger charge is 2.30. The van der Waals surface area contributed by atoms with E-state index in [9.17, 15) is 8.42 Å². The van der Waals surface area contributed by atoms with Crippen LogP contribution in [0.25, 0.3) is 10.2 Å². The van der Waals surface area contributed by atoms with Crippen LogP contribution >= 0.6 is 11.3 Å². The lowest BCUT2D eigenvalue weighted by Crippen LogP contribution is -2.30. The van der Waals surface area contributed by atoms with Crippen molar-refractivity contribution in [2.75, 3.05) is 24.7 Å². The van der Waals surface area contributed by atoms with E-state index in [4.69, 9.17) is 4.74 Å². The van der Waals surface area contributed by atoms with Crippen molar-refractivity contribution >= 4 is 43.1 Å². The van der Waals surface area contributed by atoms with E-state index in [1.165, 1.54) is 21.0 Å². The van der Waals surface area contributed by atoms with Crippen molar-refractivity contribution in [2.45, 2.75) is 26.4 Å². The molecular formula is C19H22N4O3S2. The molecule has 28 heavy (non-hydrogen) atoms. The first-order valence-electron chi connectivity index (χ1n) is 9.01. The predicted molar refractivity (Wildman–Crippen MR) is 112 cm³/mol. The molecule has 148 valence electrons. The van der Waals surface area contributed by atoms with Crippen molar-refractivity contribution < 1.29 is 13.2 Å². The molecule has 4 rings (SSSR count). The number of nitrogens with one attached hydrogen (secondary N) is 1. The standard InChI is InChI=1S/C19H22N4O3S2/c1-12-13(2)27-19-17(12)18(20-11-21-19)22-15-6-4-5-7-16(15)26-14-8-9-23(10-14)28(3,24)25/h4-7,11,14H,8-10H2,1-3H3,(H,20,21,22). The first-order valence-corrected chi connectivity index (χ1v) is 11.7. The van der Waals surface area contributed by atoms with E-state index in [2.05, 4.69) is 29.1 Å². The number of fused-ring (bicyclic) bond motifs is 1. The number of ether oxygens (including phenoxy) is 1. The van der Waals surface area contributed by atoms with Gasteiger partial charge < -0.3 is 10.1 Å². The Morgan fingerprint density at radius 3 is 2.79 bits per heavy atom. The molecule has 1 atom stereocenters. The monoisotopic (exact) mass is 418 g/mol. The van der Waals surface area contributed by atoms with E-state index in [1.54, 1.807) is 17.7 Å². The van der Waals surface area contributed by atoms with Crippen molar-refractivity contribution in [1.29, 1.82) is 0 Å². The van der Waals surface area contributed by atoms with Crippen LogP contribution in [0.5, 0.6) is 5.75 Å². The van der Waals surface area contributed by atoms with Gasteiger partial charge in [0.15, 0.2) is 0 Å². The molecule has 0 bridgehead atoms. The highest BCUT2D eigenvalue weighted by Crippen LogP contribution is 2.36. The molecule has 1 aliphatic rings. The van der Waals surface area contributed by atoms with Crippen LogP contribution in [0.1, 0.15) is 16.9 Å². The van der Waals surface area contributed by atoms with E-state index >= 15 is 0 Å². The molecule has 1 aliphatic heterocycles. The van der Waals surface area contributed by atoms with Crippen LogP contribution < -0.4 is 10.1 Å². The van der Waals surface area contributed by atoms with Crippen molar-refractivity contribution in [3.05, 3.63) is 41.0 Å². The quantitative estimate of drug-likeness (QED) is 0.683. The van der Waals surface area contributed by atoms with Gasteiger partial charge in [-0.3, -0.25) is 0 Å². The molecule has 3 heterocycles. The lowest BCUT2D eigenvalue weighted by molar-refractivity contribution is 0.217. The van der Waals surface area contributed by atoms with E-state index in [0.717, 1.165) is 21.7 Å². The summed E-state index contributed by atoms with van der Waals surface area (Å²) in [7, 11) is -3.19. The minimum Gasteiger partial charge on any atom is -0.487 e. The number of nitrogens with zero attached hydrogens (tertiary/aromatic N) is 3. The second-order valence-electron chi connectivity index (χ2n) is 6.96. The molecule has 1 fully saturated rings. The number of aromatic nitrogens is 2. The summed E-state index contributed by atoms with van der Waals surface area (Å²) in [5, 5.41) is 4.40. The molecule has 0 amide bonds. The van der Waals surface area contributed by atoms with Crippen LogP contribution in [-0.2, 0) is 10.0 Å². The summed E-state index contributed by atoms with van der Waals surface area (Å²) >= 11 is 1.65. The first kappa shape index (κ1) is 19.1. The maximum absolute atomic E-state index is 11.7. The van der Waals surface area contributed by atoms with Gasteiger partial charge in [0, 0.05) is 11.4 Å². The number of sulfonamides is 1. The third-order valence-electron chi connectivity index (χ3n) is 4.98. The van der Waals surface area contributed by atoms with Crippen LogP contribution in [0.3, 0.4) is 0 Å². The van der Waals surface area contributed by atoms with Crippen molar-refractivity contribution in [3.63, 3.8) is 0 Å². The summed E-state index contributed by atoms with van der Waals surface area (Å²) in [4.78, 5) is 11.0. The van der Waals surface area contributed by atoms with E-state index in [1.807, 2.05) is 24.3 Å². The number of para-hydroxylation sites is 2. The summed E-state index contributed by atoms with van der Waals surface area (Å²) in [6.45, 7) is 5.01. The zero-order valence-electron chi connectivity index (χ0n) is 16.0. The van der Waals surface area contributed by atoms with Crippen LogP contribution in [0.4, 0.5) is 11.5 Å². The summed E-state index contributed by atoms with van der Waals surface area (Å²) in [6.07, 6.45) is 3.29. The molecule has 1 N–H and O–H groups in total. The van der Waals surface area contributed by atoms with Gasteiger partial charge in [0.25, 0.3) is 0 Å². The smallest absolute Gasteiger partial charge is 0.211 e. The number of aryl methyl sites for hydroxylation is 2. The molecule has 0 spiro atoms. The second kappa shape index (κ2) is 7.31. The van der Waals surface area contributed by atoms with Crippen LogP contribution in [0.2, 0.25) is 0 Å². The van der Waals surface area contributed by atoms with Gasteiger partial charge >= 0.3 is 0 Å². The van der Waals surface area contributed by atoms with Gasteiger partial charge in [0.05, 0.1) is 23.9 Å². The topological polar surface area (TPSA) is 84.4 Å². The third kappa shape index (κ3) is 3.69. The van der Waals surface area contributed by atoms with Gasteiger partial charge in [0.1, 0.15) is 28.8 Å². The molecule has 2 aromatic heterocycles. The molecule has 7 nitrogen and oxygen atoms in total. The molecular weight excluding hydrogens is 396 g/mol. The van der Waals surface area contributed by atoms with Crippen molar-refractivity contribution in [2.24, 2.45) is 0 Å². The Kier molecular flexibility index (Phi) is 4.98. The molecule has 9 heteroatoms. The van der Waals surface area contributed by atoms with Gasteiger partial charge in [-0.15, -0.1) is 11.3 Å². The van der Waals surface area contributed by atoms with Crippen LogP contribution in [0, 0.1) is 13.8 Å². The molecule has 0 saturated carbocycles. The number of benzene rings is 1. The number of rotatable bonds is 5. The molecule has 1 aromatic carbocycles. The van der Waals surface area contributed by atoms with Crippen LogP contribution in [0.15, 0.2) is 30.6 Å². The minimum absolute atomic E-state index is 0.173. The number of hydrogen-bond acceptors (Lipinski definition) is 7. The SMILES string of the molecule is Cc1sc2ncnc(Nc3ccccc3OC3CCN(S(C)(=O)=O)C3)c2c1C. The Bertz CT molecular complexity index is 1130. The molecule has 0 radical (unpaired) electrons. The van der Waals surface area contributed by atoms with Gasteiger partial charge in [-0.05, 0) is 38.0 Å². The van der Waals surface area contributed by atoms with Gasteiger partial charge in [-0.1, -0.05) is 12.1 Å². The van der Waals surface area contributed by atoms with Crippen molar-refractivity contribution in [1.82, 2.24) is 14.3 Å². The molecule has 3 aromatic rings. The van der Waals surface area contributed by atoms with E-state index in [0.29, 0.717) is 25.3 Å². The zero-order valence-corrected chi connectivity index (χ0v) is 17.6. The summed E-state index contributed by atoms with van der Waals surface area (Å²) < 4.78 is 31.1. The Labute approximate surface area is 168 Å². The van der Waals surface area contributed by atoms with Gasteiger partial charge in [-0.25, -0.2) is 18.4 Å². The lowest BCUT2D eigenvalue weighted by Gasteiger charge is -2.18. The molecule has 0 aliphatic carbocycles. The van der Waals surface area contributed by atoms with E-state index in [-0.39, 0.29) is 6.10 Å². The third-order valence-corrected chi connectivity index (χ3v) is 7.36. The normalized spacial score (nSPS) is 17.9. The predicted octanol–water partition coefficient (Wildman–Crippen LogP) is 3.46. The fourth-order valence-corrected chi connectivity index (χ4v) is 5.22. The number of anilines is 2. The highest BCUT2D eigenvalue weighted by molar-refractivity contribution is 7.88. The summed E-state index contributed by atoms with van der Waals surface area (Å²) in [5.74, 6) is 1.42. The fourth-order valence-electron chi connectivity index (χ4n) is 3.35. The average Bonchev–Trinajstić information content (AvgIpc) is 3.22. The van der Waals surface area contributed by atoms with Gasteiger partial charge in [-0.2, -0.15) is 4.31 Å². The van der Waals surface area contributed by atoms with E-state index < -0.39 is 10.0 Å². The van der Waals surface area contributed by atoms with Gasteiger partial charge in [0.2, 0.25) is 10.0 Å². The molecule has 1 saturated heterocycles.